The number of nitrogens with zero attached hydrogens (tertiary/aromatic N) is 3. The molecule has 0 aliphatic carbocycles. The van der Waals surface area contributed by atoms with E-state index in [1.807, 2.05) is 50.2 Å². The number of benzene rings is 1. The molecule has 0 aliphatic heterocycles. The number of nitrogens with one attached hydrogen (secondary N) is 2. The molecule has 2 heterocycles. The molecule has 0 saturated heterocycles. The monoisotopic (exact) mass is 459 g/mol. The molecule has 9 nitrogen and oxygen atoms in total. The van der Waals surface area contributed by atoms with Crippen molar-refractivity contribution in [1.82, 2.24) is 9.97 Å². The molecule has 2 aromatic carbocycles. The van der Waals surface area contributed by atoms with Crippen molar-refractivity contribution in [1.29, 1.82) is 0 Å². The largest absolute Gasteiger partial charge is 0.480 e. The molecule has 9 heteroatoms. The van der Waals surface area contributed by atoms with E-state index in [0.29, 0.717) is 18.9 Å². The normalized spacial score (nSPS) is 11.9. The highest BCUT2D eigenvalue weighted by Gasteiger charge is 2.29. The van der Waals surface area contributed by atoms with E-state index in [2.05, 4.69) is 20.6 Å². The first-order chi connectivity index (χ1) is 16.4. The summed E-state index contributed by atoms with van der Waals surface area (Å²) in [5, 5.41) is 17.7. The summed E-state index contributed by atoms with van der Waals surface area (Å²) in [6, 6.07) is 10.0. The summed E-state index contributed by atoms with van der Waals surface area (Å²) in [6.07, 6.45) is 5.33. The number of aliphatic carboxylic acids is 1. The Morgan fingerprint density at radius 2 is 1.76 bits per heavy atom. The minimum absolute atomic E-state index is 0.0795. The number of carboxylic acids is 1. The van der Waals surface area contributed by atoms with Gasteiger partial charge >= 0.3 is 5.97 Å². The summed E-state index contributed by atoms with van der Waals surface area (Å²) in [5.41, 5.74) is 0.652. The number of rotatable bonds is 10. The minimum atomic E-state index is -1.10. The molecular formula is C25H25N5O4. The average molecular weight is 460 g/mol. The van der Waals surface area contributed by atoms with Crippen LogP contribution in [0.15, 0.2) is 64.6 Å². The van der Waals surface area contributed by atoms with Crippen molar-refractivity contribution in [3.05, 3.63) is 81.0 Å². The second-order valence-corrected chi connectivity index (χ2v) is 7.87. The zero-order valence-corrected chi connectivity index (χ0v) is 18.9. The van der Waals surface area contributed by atoms with Gasteiger partial charge < -0.3 is 20.6 Å². The molecule has 0 unspecified atom stereocenters. The Morgan fingerprint density at radius 3 is 2.44 bits per heavy atom. The third kappa shape index (κ3) is 4.45. The van der Waals surface area contributed by atoms with Gasteiger partial charge in [0.25, 0.3) is 10.9 Å². The van der Waals surface area contributed by atoms with E-state index in [-0.39, 0.29) is 17.8 Å². The van der Waals surface area contributed by atoms with E-state index in [0.717, 1.165) is 22.0 Å². The number of fused-ring (bicyclic) bond motifs is 1. The zero-order chi connectivity index (χ0) is 24.2. The highest BCUT2D eigenvalue weighted by molar-refractivity contribution is 5.92. The van der Waals surface area contributed by atoms with Crippen molar-refractivity contribution in [2.45, 2.75) is 26.3 Å². The summed E-state index contributed by atoms with van der Waals surface area (Å²) in [4.78, 5) is 46.3. The molecular weight excluding hydrogens is 434 g/mol. The summed E-state index contributed by atoms with van der Waals surface area (Å²) in [6.45, 7) is 4.84. The zero-order valence-electron chi connectivity index (χ0n) is 18.9. The highest BCUT2D eigenvalue weighted by Crippen LogP contribution is 2.25. The van der Waals surface area contributed by atoms with E-state index in [1.165, 1.54) is 0 Å². The van der Waals surface area contributed by atoms with Crippen molar-refractivity contribution in [3.8, 4) is 0 Å². The molecule has 1 atom stereocenters. The van der Waals surface area contributed by atoms with E-state index in [9.17, 15) is 19.5 Å². The van der Waals surface area contributed by atoms with Gasteiger partial charge in [-0.2, -0.15) is 0 Å². The standard InChI is InChI=1S/C25H25N5O4/c1-3-30(4-2)21-20(22(31)23(21)32)29-19(25(33)34)13-15-5-7-17(8-6-15)28-24-18-10-11-26-14-16(18)9-12-27-24/h5-12,14,19,29H,3-4,13H2,1-2H3,(H,27,28)(H,33,34)/t19-/m0/s1. The molecule has 4 rings (SSSR count). The van der Waals surface area contributed by atoms with E-state index >= 15 is 0 Å². The molecule has 4 aromatic rings. The van der Waals surface area contributed by atoms with Crippen LogP contribution in [0.5, 0.6) is 0 Å². The number of hydrogen-bond donors (Lipinski definition) is 3. The van der Waals surface area contributed by atoms with Crippen LogP contribution in [0.3, 0.4) is 0 Å². The molecule has 0 bridgehead atoms. The fraction of sp³-hybridized carbons (Fsp3) is 0.240. The second kappa shape index (κ2) is 9.70. The highest BCUT2D eigenvalue weighted by atomic mass is 16.4. The van der Waals surface area contributed by atoms with Crippen LogP contribution in [0.4, 0.5) is 22.9 Å². The van der Waals surface area contributed by atoms with Gasteiger partial charge in [0.1, 0.15) is 23.2 Å². The molecule has 0 amide bonds. The third-order valence-electron chi connectivity index (χ3n) is 5.80. The van der Waals surface area contributed by atoms with Crippen LogP contribution in [0, 0.1) is 0 Å². The molecule has 0 aliphatic rings. The number of hydrogen-bond acceptors (Lipinski definition) is 8. The first kappa shape index (κ1) is 22.9. The van der Waals surface area contributed by atoms with Crippen LogP contribution < -0.4 is 26.4 Å². The number of anilines is 4. The molecule has 0 saturated carbocycles. The van der Waals surface area contributed by atoms with Crippen molar-refractivity contribution < 1.29 is 9.90 Å². The summed E-state index contributed by atoms with van der Waals surface area (Å²) >= 11 is 0. The maximum absolute atomic E-state index is 12.1. The summed E-state index contributed by atoms with van der Waals surface area (Å²) < 4.78 is 0. The van der Waals surface area contributed by atoms with Crippen LogP contribution in [0.2, 0.25) is 0 Å². The smallest absolute Gasteiger partial charge is 0.326 e. The Hall–Kier alpha value is -4.27. The first-order valence-electron chi connectivity index (χ1n) is 11.0. The lowest BCUT2D eigenvalue weighted by molar-refractivity contribution is -0.137. The van der Waals surface area contributed by atoms with Crippen molar-refractivity contribution in [3.63, 3.8) is 0 Å². The Labute approximate surface area is 195 Å². The van der Waals surface area contributed by atoms with E-state index in [1.54, 1.807) is 23.5 Å². The van der Waals surface area contributed by atoms with E-state index < -0.39 is 22.9 Å². The fourth-order valence-electron chi connectivity index (χ4n) is 3.94. The lowest BCUT2D eigenvalue weighted by atomic mass is 10.0. The maximum Gasteiger partial charge on any atom is 0.326 e. The van der Waals surface area contributed by atoms with Crippen molar-refractivity contribution in [2.24, 2.45) is 0 Å². The Kier molecular flexibility index (Phi) is 6.53. The predicted octanol–water partition coefficient (Wildman–Crippen LogP) is 2.92. The molecule has 0 fully saturated rings. The van der Waals surface area contributed by atoms with Crippen LogP contribution in [0.25, 0.3) is 10.8 Å². The van der Waals surface area contributed by atoms with Gasteiger partial charge in [-0.25, -0.2) is 9.78 Å². The van der Waals surface area contributed by atoms with Crippen molar-refractivity contribution in [2.75, 3.05) is 28.6 Å². The molecule has 0 radical (unpaired) electrons. The van der Waals surface area contributed by atoms with Crippen LogP contribution in [0.1, 0.15) is 19.4 Å². The lowest BCUT2D eigenvalue weighted by Gasteiger charge is -2.26. The minimum Gasteiger partial charge on any atom is -0.480 e. The quantitative estimate of drug-likeness (QED) is 0.307. The Balaban J connectivity index is 1.50. The third-order valence-corrected chi connectivity index (χ3v) is 5.80. The number of carbonyl (C=O) groups is 1. The SMILES string of the molecule is CCN(CC)c1c(N[C@@H](Cc2ccc(Nc3nccc4cnccc34)cc2)C(=O)O)c(=O)c1=O. The summed E-state index contributed by atoms with van der Waals surface area (Å²) in [7, 11) is 0. The lowest BCUT2D eigenvalue weighted by Crippen LogP contribution is -2.45. The number of pyridine rings is 2. The van der Waals surface area contributed by atoms with Crippen LogP contribution >= 0.6 is 0 Å². The number of aromatic nitrogens is 2. The van der Waals surface area contributed by atoms with Gasteiger partial charge in [0.05, 0.1) is 0 Å². The van der Waals surface area contributed by atoms with Gasteiger partial charge in [-0.15, -0.1) is 0 Å². The topological polar surface area (TPSA) is 125 Å². The Bertz CT molecular complexity index is 1380. The number of carboxylic acid groups (broad SMARTS) is 1. The van der Waals surface area contributed by atoms with Gasteiger partial charge in [0.15, 0.2) is 0 Å². The summed E-state index contributed by atoms with van der Waals surface area (Å²) in [5.74, 6) is -0.406. The fourth-order valence-corrected chi connectivity index (χ4v) is 3.94. The van der Waals surface area contributed by atoms with Gasteiger partial charge in [-0.1, -0.05) is 12.1 Å². The van der Waals surface area contributed by atoms with Crippen molar-refractivity contribution >= 4 is 39.6 Å². The maximum atomic E-state index is 12.1. The Morgan fingerprint density at radius 1 is 1.03 bits per heavy atom. The van der Waals surface area contributed by atoms with Gasteiger partial charge in [-0.3, -0.25) is 14.6 Å². The average Bonchev–Trinajstić information content (AvgIpc) is 2.86. The van der Waals surface area contributed by atoms with Crippen LogP contribution in [-0.2, 0) is 11.2 Å². The predicted molar refractivity (Wildman–Crippen MR) is 133 cm³/mol. The van der Waals surface area contributed by atoms with Gasteiger partial charge in [-0.05, 0) is 43.7 Å². The molecule has 3 N–H and O–H groups in total. The van der Waals surface area contributed by atoms with Crippen LogP contribution in [-0.4, -0.2) is 40.2 Å². The van der Waals surface area contributed by atoms with Gasteiger partial charge in [0, 0.05) is 54.6 Å². The van der Waals surface area contributed by atoms with E-state index in [4.69, 9.17) is 0 Å². The molecule has 174 valence electrons. The second-order valence-electron chi connectivity index (χ2n) is 7.87. The first-order valence-corrected chi connectivity index (χ1v) is 11.0. The molecule has 34 heavy (non-hydrogen) atoms. The van der Waals surface area contributed by atoms with Gasteiger partial charge in [0.2, 0.25) is 0 Å². The molecule has 0 spiro atoms. The molecule has 2 aromatic heterocycles.